The van der Waals surface area contributed by atoms with Crippen molar-refractivity contribution in [1.29, 1.82) is 0 Å². The Balaban J connectivity index is 1.70. The predicted octanol–water partition coefficient (Wildman–Crippen LogP) is 4.56. The van der Waals surface area contributed by atoms with Crippen LogP contribution in [0.2, 0.25) is 5.02 Å². The zero-order valence-corrected chi connectivity index (χ0v) is 11.9. The van der Waals surface area contributed by atoms with Gasteiger partial charge in [0.05, 0.1) is 5.54 Å². The molecular formula is C14H17ClN2S. The molecule has 2 aliphatic rings. The highest BCUT2D eigenvalue weighted by molar-refractivity contribution is 8.14. The van der Waals surface area contributed by atoms with Gasteiger partial charge in [-0.1, -0.05) is 42.6 Å². The van der Waals surface area contributed by atoms with Crippen LogP contribution in [0.15, 0.2) is 29.3 Å². The number of halogens is 1. The monoisotopic (exact) mass is 280 g/mol. The summed E-state index contributed by atoms with van der Waals surface area (Å²) in [7, 11) is 0. The summed E-state index contributed by atoms with van der Waals surface area (Å²) in [5.41, 5.74) is 1.30. The molecule has 1 aliphatic carbocycles. The van der Waals surface area contributed by atoms with Crippen LogP contribution in [0.4, 0.5) is 5.69 Å². The smallest absolute Gasteiger partial charge is 0.161 e. The normalized spacial score (nSPS) is 21.9. The standard InChI is InChI=1S/C14H17ClN2S/c15-11-4-6-12(7-5-11)16-13-17-14(10-18-13)8-2-1-3-9-14/h4-7H,1-3,8-10H2,(H,16,17). The van der Waals surface area contributed by atoms with Crippen molar-refractivity contribution in [1.82, 2.24) is 0 Å². The third-order valence-electron chi connectivity index (χ3n) is 3.70. The summed E-state index contributed by atoms with van der Waals surface area (Å²) in [6.07, 6.45) is 6.55. The molecule has 0 radical (unpaired) electrons. The fraction of sp³-hybridized carbons (Fsp3) is 0.500. The first-order valence-corrected chi connectivity index (χ1v) is 7.87. The van der Waals surface area contributed by atoms with E-state index in [1.165, 1.54) is 32.1 Å². The van der Waals surface area contributed by atoms with Gasteiger partial charge in [-0.15, -0.1) is 0 Å². The fourth-order valence-corrected chi connectivity index (χ4v) is 4.00. The van der Waals surface area contributed by atoms with Crippen molar-refractivity contribution >= 4 is 34.2 Å². The molecule has 1 saturated carbocycles. The minimum absolute atomic E-state index is 0.234. The van der Waals surface area contributed by atoms with Gasteiger partial charge in [0.1, 0.15) is 0 Å². The Bertz CT molecular complexity index is 449. The van der Waals surface area contributed by atoms with Crippen molar-refractivity contribution in [2.24, 2.45) is 4.99 Å². The lowest BCUT2D eigenvalue weighted by Crippen LogP contribution is -2.29. The maximum atomic E-state index is 5.88. The van der Waals surface area contributed by atoms with Crippen LogP contribution in [0.5, 0.6) is 0 Å². The molecule has 1 N–H and O–H groups in total. The minimum atomic E-state index is 0.234. The molecular weight excluding hydrogens is 264 g/mol. The first-order valence-electron chi connectivity index (χ1n) is 6.51. The van der Waals surface area contributed by atoms with Crippen LogP contribution < -0.4 is 5.32 Å². The molecule has 0 amide bonds. The highest BCUT2D eigenvalue weighted by Crippen LogP contribution is 2.39. The van der Waals surface area contributed by atoms with Crippen LogP contribution in [-0.4, -0.2) is 16.5 Å². The number of thioether (sulfide) groups is 1. The first kappa shape index (κ1) is 12.4. The summed E-state index contributed by atoms with van der Waals surface area (Å²) in [4.78, 5) is 4.93. The van der Waals surface area contributed by atoms with Crippen molar-refractivity contribution in [3.8, 4) is 0 Å². The number of amidine groups is 1. The highest BCUT2D eigenvalue weighted by Gasteiger charge is 2.36. The lowest BCUT2D eigenvalue weighted by molar-refractivity contribution is 0.335. The number of hydrogen-bond acceptors (Lipinski definition) is 3. The SMILES string of the molecule is Clc1ccc(NC2=NC3(CCCCC3)CS2)cc1. The van der Waals surface area contributed by atoms with Gasteiger partial charge in [-0.3, -0.25) is 4.99 Å². The topological polar surface area (TPSA) is 24.4 Å². The highest BCUT2D eigenvalue weighted by atomic mass is 35.5. The van der Waals surface area contributed by atoms with E-state index in [1.807, 2.05) is 36.0 Å². The van der Waals surface area contributed by atoms with Gasteiger partial charge in [0.25, 0.3) is 0 Å². The van der Waals surface area contributed by atoms with Crippen LogP contribution in [-0.2, 0) is 0 Å². The van der Waals surface area contributed by atoms with Crippen molar-refractivity contribution in [3.63, 3.8) is 0 Å². The number of benzene rings is 1. The molecule has 96 valence electrons. The van der Waals surface area contributed by atoms with E-state index in [4.69, 9.17) is 16.6 Å². The molecule has 0 aromatic heterocycles. The number of nitrogens with one attached hydrogen (secondary N) is 1. The number of aliphatic imine (C=N–C) groups is 1. The van der Waals surface area contributed by atoms with Gasteiger partial charge >= 0.3 is 0 Å². The quantitative estimate of drug-likeness (QED) is 0.816. The maximum Gasteiger partial charge on any atom is 0.161 e. The molecule has 0 saturated heterocycles. The molecule has 2 nitrogen and oxygen atoms in total. The molecule has 3 rings (SSSR count). The molecule has 1 aromatic carbocycles. The lowest BCUT2D eigenvalue weighted by Gasteiger charge is -2.29. The summed E-state index contributed by atoms with van der Waals surface area (Å²) < 4.78 is 0. The largest absolute Gasteiger partial charge is 0.335 e. The molecule has 1 spiro atoms. The summed E-state index contributed by atoms with van der Waals surface area (Å²) in [5, 5.41) is 5.23. The lowest BCUT2D eigenvalue weighted by atomic mass is 9.84. The van der Waals surface area contributed by atoms with Crippen molar-refractivity contribution in [2.75, 3.05) is 11.1 Å². The van der Waals surface area contributed by atoms with Gasteiger partial charge in [-0.25, -0.2) is 0 Å². The molecule has 1 fully saturated rings. The van der Waals surface area contributed by atoms with Gasteiger partial charge in [-0.2, -0.15) is 0 Å². The summed E-state index contributed by atoms with van der Waals surface area (Å²) in [5.74, 6) is 1.14. The number of nitrogens with zero attached hydrogens (tertiary/aromatic N) is 1. The molecule has 0 atom stereocenters. The van der Waals surface area contributed by atoms with Gasteiger partial charge in [0, 0.05) is 16.5 Å². The summed E-state index contributed by atoms with van der Waals surface area (Å²) in [6.45, 7) is 0. The van der Waals surface area contributed by atoms with E-state index in [9.17, 15) is 0 Å². The average Bonchev–Trinajstić information content (AvgIpc) is 2.76. The van der Waals surface area contributed by atoms with E-state index in [0.717, 1.165) is 21.6 Å². The minimum Gasteiger partial charge on any atom is -0.335 e. The first-order chi connectivity index (χ1) is 8.76. The van der Waals surface area contributed by atoms with E-state index < -0.39 is 0 Å². The molecule has 4 heteroatoms. The number of rotatable bonds is 1. The molecule has 1 heterocycles. The predicted molar refractivity (Wildman–Crippen MR) is 80.8 cm³/mol. The second-order valence-corrected chi connectivity index (χ2v) is 6.52. The third kappa shape index (κ3) is 2.67. The van der Waals surface area contributed by atoms with Crippen LogP contribution in [0.25, 0.3) is 0 Å². The van der Waals surface area contributed by atoms with E-state index in [1.54, 1.807) is 0 Å². The third-order valence-corrected chi connectivity index (χ3v) is 5.10. The second-order valence-electron chi connectivity index (χ2n) is 5.12. The Kier molecular flexibility index (Phi) is 3.53. The Morgan fingerprint density at radius 2 is 1.83 bits per heavy atom. The van der Waals surface area contributed by atoms with E-state index >= 15 is 0 Å². The Labute approximate surface area is 117 Å². The van der Waals surface area contributed by atoms with Crippen molar-refractivity contribution in [3.05, 3.63) is 29.3 Å². The molecule has 1 aromatic rings. The van der Waals surface area contributed by atoms with Crippen LogP contribution in [0.3, 0.4) is 0 Å². The van der Waals surface area contributed by atoms with E-state index in [2.05, 4.69) is 5.32 Å². The number of hydrogen-bond donors (Lipinski definition) is 1. The summed E-state index contributed by atoms with van der Waals surface area (Å²) >= 11 is 7.73. The van der Waals surface area contributed by atoms with Crippen LogP contribution in [0, 0.1) is 0 Å². The average molecular weight is 281 g/mol. The Morgan fingerprint density at radius 3 is 2.56 bits per heavy atom. The van der Waals surface area contributed by atoms with E-state index in [-0.39, 0.29) is 5.54 Å². The Morgan fingerprint density at radius 1 is 1.11 bits per heavy atom. The molecule has 18 heavy (non-hydrogen) atoms. The molecule has 0 bridgehead atoms. The van der Waals surface area contributed by atoms with Crippen molar-refractivity contribution < 1.29 is 0 Å². The fourth-order valence-electron chi connectivity index (χ4n) is 2.67. The molecule has 1 aliphatic heterocycles. The van der Waals surface area contributed by atoms with Gasteiger partial charge in [-0.05, 0) is 37.1 Å². The zero-order chi connectivity index (χ0) is 12.4. The van der Waals surface area contributed by atoms with Gasteiger partial charge < -0.3 is 5.32 Å². The summed E-state index contributed by atoms with van der Waals surface area (Å²) in [6, 6.07) is 7.80. The van der Waals surface area contributed by atoms with Crippen LogP contribution in [0.1, 0.15) is 32.1 Å². The van der Waals surface area contributed by atoms with Crippen molar-refractivity contribution in [2.45, 2.75) is 37.6 Å². The number of anilines is 1. The van der Waals surface area contributed by atoms with Crippen LogP contribution >= 0.6 is 23.4 Å². The Hall–Kier alpha value is -0.670. The maximum absolute atomic E-state index is 5.88. The second kappa shape index (κ2) is 5.14. The van der Waals surface area contributed by atoms with E-state index in [0.29, 0.717) is 0 Å². The van der Waals surface area contributed by atoms with Gasteiger partial charge in [0.2, 0.25) is 0 Å². The molecule has 0 unspecified atom stereocenters. The zero-order valence-electron chi connectivity index (χ0n) is 10.3. The van der Waals surface area contributed by atoms with Gasteiger partial charge in [0.15, 0.2) is 5.17 Å².